The van der Waals surface area contributed by atoms with Crippen molar-refractivity contribution in [3.8, 4) is 0 Å². The van der Waals surface area contributed by atoms with Crippen LogP contribution in [-0.2, 0) is 32.0 Å². The Balaban J connectivity index is 1.04. The number of aromatic nitrogens is 10. The number of thiol groups is 1. The quantitative estimate of drug-likeness (QED) is 0.177. The number of nitrogen functional groups attached to an aromatic ring is 1. The molecule has 0 aromatic carbocycles. The first-order chi connectivity index (χ1) is 21.7. The lowest BCUT2D eigenvalue weighted by atomic mass is 9.70. The molecule has 3 aliphatic rings. The van der Waals surface area contributed by atoms with Crippen molar-refractivity contribution in [2.75, 3.05) is 25.6 Å². The zero-order valence-corrected chi connectivity index (χ0v) is 25.6. The van der Waals surface area contributed by atoms with E-state index in [-0.39, 0.29) is 64.9 Å². The highest BCUT2D eigenvalue weighted by atomic mass is 32.7. The Morgan fingerprint density at radius 1 is 1.09 bits per heavy atom. The van der Waals surface area contributed by atoms with E-state index in [0.29, 0.717) is 12.1 Å². The molecule has 1 saturated carbocycles. The van der Waals surface area contributed by atoms with Crippen molar-refractivity contribution < 1.29 is 36.4 Å². The minimum atomic E-state index is -4.16. The van der Waals surface area contributed by atoms with Gasteiger partial charge in [-0.25, -0.2) is 33.3 Å². The second-order valence-electron chi connectivity index (χ2n) is 10.8. The van der Waals surface area contributed by atoms with E-state index in [0.717, 1.165) is 0 Å². The molecule has 45 heavy (non-hydrogen) atoms. The van der Waals surface area contributed by atoms with Gasteiger partial charge >= 0.3 is 15.1 Å². The molecule has 23 heteroatoms. The van der Waals surface area contributed by atoms with Gasteiger partial charge in [-0.3, -0.25) is 18.5 Å². The van der Waals surface area contributed by atoms with E-state index in [1.165, 1.54) is 34.3 Å². The van der Waals surface area contributed by atoms with Gasteiger partial charge in [0.15, 0.2) is 29.4 Å². The Morgan fingerprint density at radius 3 is 2.76 bits per heavy atom. The number of imidazole rings is 2. The molecule has 2 saturated heterocycles. The van der Waals surface area contributed by atoms with Gasteiger partial charge in [0.25, 0.3) is 5.56 Å². The van der Waals surface area contributed by atoms with E-state index < -0.39 is 46.3 Å². The third kappa shape index (κ3) is 4.89. The molecule has 9 atom stereocenters. The molecule has 0 amide bonds. The van der Waals surface area contributed by atoms with Crippen LogP contribution < -0.4 is 11.3 Å². The highest BCUT2D eigenvalue weighted by molar-refractivity contribution is 8.44. The first kappa shape index (κ1) is 29.1. The fourth-order valence-corrected chi connectivity index (χ4v) is 8.32. The lowest BCUT2D eigenvalue weighted by molar-refractivity contribution is -0.0405. The Kier molecular flexibility index (Phi) is 7.06. The molecular weight excluding hydrogens is 659 g/mol. The Hall–Kier alpha value is -3.29. The molecule has 8 rings (SSSR count). The molecule has 0 radical (unpaired) electrons. The highest BCUT2D eigenvalue weighted by Crippen LogP contribution is 2.58. The molecule has 0 bridgehead atoms. The van der Waals surface area contributed by atoms with Crippen LogP contribution in [0.3, 0.4) is 0 Å². The summed E-state index contributed by atoms with van der Waals surface area (Å²) in [5.41, 5.74) is 6.52. The molecule has 238 valence electrons. The van der Waals surface area contributed by atoms with Gasteiger partial charge in [0, 0.05) is 12.0 Å². The molecular formula is C22H24FN11O8P2S. The summed E-state index contributed by atoms with van der Waals surface area (Å²) in [4.78, 5) is 32.3. The zero-order valence-electron chi connectivity index (χ0n) is 22.8. The van der Waals surface area contributed by atoms with Crippen molar-refractivity contribution in [3.63, 3.8) is 0 Å². The highest BCUT2D eigenvalue weighted by Gasteiger charge is 2.51. The zero-order chi connectivity index (χ0) is 31.0. The molecule has 2 aliphatic heterocycles. The number of nitrogens with one attached hydrogen (secondary N) is 1. The first-order valence-corrected chi connectivity index (χ1v) is 17.6. The van der Waals surface area contributed by atoms with Gasteiger partial charge in [-0.15, -0.1) is 10.2 Å². The predicted molar refractivity (Wildman–Crippen MR) is 154 cm³/mol. The van der Waals surface area contributed by atoms with E-state index in [9.17, 15) is 13.9 Å². The molecule has 0 spiro atoms. The van der Waals surface area contributed by atoms with Crippen molar-refractivity contribution in [2.24, 2.45) is 11.8 Å². The van der Waals surface area contributed by atoms with Crippen molar-refractivity contribution >= 4 is 61.2 Å². The predicted octanol–water partition coefficient (Wildman–Crippen LogP) is 1.48. The number of fused-ring (bicyclic) bond motifs is 5. The van der Waals surface area contributed by atoms with Crippen LogP contribution in [0.4, 0.5) is 10.2 Å². The van der Waals surface area contributed by atoms with Crippen LogP contribution in [0.5, 0.6) is 0 Å². The molecule has 19 nitrogen and oxygen atoms in total. The number of hydrogen-bond donors (Lipinski definition) is 3. The maximum absolute atomic E-state index is 16.0. The van der Waals surface area contributed by atoms with Crippen LogP contribution in [-0.4, -0.2) is 86.9 Å². The summed E-state index contributed by atoms with van der Waals surface area (Å²) in [5.74, 6) is -0.254. The number of anilines is 1. The number of halogens is 1. The smallest absolute Gasteiger partial charge is 0.382 e. The van der Waals surface area contributed by atoms with Crippen molar-refractivity contribution in [2.45, 2.75) is 37.1 Å². The van der Waals surface area contributed by atoms with E-state index in [4.69, 9.17) is 28.6 Å². The van der Waals surface area contributed by atoms with Gasteiger partial charge in [-0.05, 0) is 12.3 Å². The largest absolute Gasteiger partial charge is 0.386 e. The summed E-state index contributed by atoms with van der Waals surface area (Å²) >= 11 is 4.12. The number of aromatic amines is 1. The first-order valence-electron chi connectivity index (χ1n) is 13.6. The van der Waals surface area contributed by atoms with Crippen LogP contribution in [0, 0.1) is 11.8 Å². The summed E-state index contributed by atoms with van der Waals surface area (Å²) < 4.78 is 74.8. The van der Waals surface area contributed by atoms with Gasteiger partial charge < -0.3 is 33.6 Å². The standard InChI is InChI=1S/C22H24FN11O8P2S/c23-13-16-12(41-21(13)33-7-27-14-17(24)25-5-26-18(14)33)4-39-43(36)38-3-10-9(2-40-44(37,45)42-16)1-11(10)32-6-28-15-19(32)30-22-31-29-8-34(22)20(15)35/h5-13,16,21,43H,1-4H2,(H,30,31)(H,37,45)(H2,24,25,26)/t9-,10-,11-,12-,13-,16-,21-,44+/m1/s1. The van der Waals surface area contributed by atoms with E-state index in [2.05, 4.69) is 47.4 Å². The fraction of sp³-hybridized carbons (Fsp3) is 0.500. The van der Waals surface area contributed by atoms with E-state index in [1.807, 2.05) is 0 Å². The third-order valence-corrected chi connectivity index (χ3v) is 10.8. The molecule has 5 aromatic heterocycles. The lowest BCUT2D eigenvalue weighted by Gasteiger charge is -2.45. The second kappa shape index (κ2) is 10.9. The van der Waals surface area contributed by atoms with Gasteiger partial charge in [0.2, 0.25) is 5.78 Å². The van der Waals surface area contributed by atoms with Crippen molar-refractivity contribution in [1.29, 1.82) is 0 Å². The van der Waals surface area contributed by atoms with Crippen molar-refractivity contribution in [3.05, 3.63) is 35.7 Å². The van der Waals surface area contributed by atoms with Gasteiger partial charge in [-0.1, -0.05) is 12.2 Å². The van der Waals surface area contributed by atoms with Crippen LogP contribution >= 0.6 is 27.3 Å². The Morgan fingerprint density at radius 2 is 1.89 bits per heavy atom. The number of nitrogens with two attached hydrogens (primary N) is 1. The number of ether oxygens (including phenoxy) is 1. The summed E-state index contributed by atoms with van der Waals surface area (Å²) in [6, 6.07) is -0.272. The molecule has 1 aliphatic carbocycles. The number of rotatable bonds is 2. The second-order valence-corrected chi connectivity index (χ2v) is 14.8. The Labute approximate surface area is 256 Å². The van der Waals surface area contributed by atoms with Gasteiger partial charge in [0.1, 0.15) is 36.0 Å². The minimum Gasteiger partial charge on any atom is -0.382 e. The number of hydrogen-bond acceptors (Lipinski definition) is 15. The van der Waals surface area contributed by atoms with Crippen LogP contribution in [0.2, 0.25) is 0 Å². The maximum Gasteiger partial charge on any atom is 0.386 e. The topological polar surface area (TPSA) is 231 Å². The average Bonchev–Trinajstić information content (AvgIpc) is 3.79. The molecule has 5 aromatic rings. The number of H-pyrrole nitrogens is 1. The molecule has 3 fully saturated rings. The Bertz CT molecular complexity index is 2070. The van der Waals surface area contributed by atoms with Gasteiger partial charge in [-0.2, -0.15) is 0 Å². The molecule has 3 N–H and O–H groups in total. The van der Waals surface area contributed by atoms with Gasteiger partial charge in [0.05, 0.1) is 32.5 Å². The van der Waals surface area contributed by atoms with E-state index >= 15 is 4.39 Å². The number of nitrogens with zero attached hydrogens (tertiary/aromatic N) is 9. The average molecular weight is 684 g/mol. The fourth-order valence-electron chi connectivity index (χ4n) is 6.08. The third-order valence-electron chi connectivity index (χ3n) is 8.39. The lowest BCUT2D eigenvalue weighted by Crippen LogP contribution is -2.43. The van der Waals surface area contributed by atoms with Crippen molar-refractivity contribution in [1.82, 2.24) is 48.7 Å². The number of alkyl halides is 1. The summed E-state index contributed by atoms with van der Waals surface area (Å²) in [6.45, 7) is -4.70. The van der Waals surface area contributed by atoms with Crippen LogP contribution in [0.15, 0.2) is 30.1 Å². The minimum absolute atomic E-state index is 0.0310. The normalized spacial score (nSPS) is 34.5. The summed E-state index contributed by atoms with van der Waals surface area (Å²) in [7, 11) is -3.10. The molecule has 1 unspecified atom stereocenters. The summed E-state index contributed by atoms with van der Waals surface area (Å²) in [5, 5.41) is 7.67. The SMILES string of the molecule is Nc1ncnc2c1ncn2[C@@H]1O[C@@H]2CO[PH](=O)OC[C@@H]3[C@@H](CO[P@](=O)(S)O[C@H]2[C@H]1F)C[C@H]3n1cnc2c(=O)n3cnnc3[nH]c21. The summed E-state index contributed by atoms with van der Waals surface area (Å²) in [6.07, 6.45) is -0.144. The van der Waals surface area contributed by atoms with E-state index in [1.54, 1.807) is 4.57 Å². The van der Waals surface area contributed by atoms with Crippen LogP contribution in [0.25, 0.3) is 28.1 Å². The maximum atomic E-state index is 16.0. The monoisotopic (exact) mass is 683 g/mol. The van der Waals surface area contributed by atoms with Crippen LogP contribution in [0.1, 0.15) is 18.7 Å². The molecule has 7 heterocycles.